The fourth-order valence-electron chi connectivity index (χ4n) is 2.27. The maximum absolute atomic E-state index is 12.2. The molecule has 1 heterocycles. The summed E-state index contributed by atoms with van der Waals surface area (Å²) in [4.78, 5) is 15.3. The van der Waals surface area contributed by atoms with Crippen LogP contribution in [0.1, 0.15) is 15.9 Å². The summed E-state index contributed by atoms with van der Waals surface area (Å²) in [5, 5.41) is 4.99. The first kappa shape index (κ1) is 13.9. The maximum Gasteiger partial charge on any atom is 0.273 e. The molecule has 1 aromatic heterocycles. The van der Waals surface area contributed by atoms with Crippen LogP contribution < -0.4 is 10.2 Å². The van der Waals surface area contributed by atoms with E-state index < -0.39 is 0 Å². The minimum Gasteiger partial charge on any atom is -0.496 e. The first-order valence-corrected chi connectivity index (χ1v) is 6.82. The van der Waals surface area contributed by atoms with Crippen LogP contribution in [-0.4, -0.2) is 24.2 Å². The normalized spacial score (nSPS) is 11.0. The Bertz CT molecular complexity index is 837. The number of ether oxygens (including phenoxy) is 1. The van der Waals surface area contributed by atoms with E-state index in [-0.39, 0.29) is 5.91 Å². The molecule has 0 spiro atoms. The van der Waals surface area contributed by atoms with Gasteiger partial charge in [-0.15, -0.1) is 0 Å². The summed E-state index contributed by atoms with van der Waals surface area (Å²) in [6.07, 6.45) is 3.37. The van der Waals surface area contributed by atoms with Crippen LogP contribution in [-0.2, 0) is 0 Å². The number of hydrogen-bond donors (Lipinski definition) is 2. The summed E-state index contributed by atoms with van der Waals surface area (Å²) in [5.41, 5.74) is 4.68. The van der Waals surface area contributed by atoms with Crippen molar-refractivity contribution in [2.75, 3.05) is 7.11 Å². The van der Waals surface area contributed by atoms with Gasteiger partial charge in [-0.2, -0.15) is 5.10 Å². The number of aromatic amines is 1. The minimum atomic E-state index is -0.265. The molecule has 1 amide bonds. The second kappa shape index (κ2) is 6.13. The lowest BCUT2D eigenvalue weighted by molar-refractivity contribution is 0.0956. The summed E-state index contributed by atoms with van der Waals surface area (Å²) in [5.74, 6) is 0.436. The summed E-state index contributed by atoms with van der Waals surface area (Å²) in [6.45, 7) is 0. The molecule has 22 heavy (non-hydrogen) atoms. The summed E-state index contributed by atoms with van der Waals surface area (Å²) in [6, 6.07) is 14.9. The molecule has 0 saturated heterocycles. The number of benzene rings is 2. The molecule has 3 rings (SSSR count). The third kappa shape index (κ3) is 2.69. The van der Waals surface area contributed by atoms with E-state index in [9.17, 15) is 4.79 Å². The number of nitrogens with zero attached hydrogens (tertiary/aromatic N) is 1. The smallest absolute Gasteiger partial charge is 0.273 e. The van der Waals surface area contributed by atoms with Gasteiger partial charge in [-0.1, -0.05) is 24.3 Å². The van der Waals surface area contributed by atoms with Gasteiger partial charge in [0.1, 0.15) is 5.75 Å². The van der Waals surface area contributed by atoms with Crippen molar-refractivity contribution in [1.29, 1.82) is 0 Å². The summed E-state index contributed by atoms with van der Waals surface area (Å²) in [7, 11) is 1.59. The molecule has 0 saturated carbocycles. The number of amides is 1. The summed E-state index contributed by atoms with van der Waals surface area (Å²) >= 11 is 0. The van der Waals surface area contributed by atoms with Crippen LogP contribution in [0.3, 0.4) is 0 Å². The Hall–Kier alpha value is -3.08. The van der Waals surface area contributed by atoms with Gasteiger partial charge in [0.05, 0.1) is 24.4 Å². The van der Waals surface area contributed by atoms with Gasteiger partial charge < -0.3 is 9.72 Å². The van der Waals surface area contributed by atoms with Crippen LogP contribution in [0.15, 0.2) is 59.8 Å². The van der Waals surface area contributed by atoms with Gasteiger partial charge in [0.25, 0.3) is 5.91 Å². The Morgan fingerprint density at radius 1 is 1.18 bits per heavy atom. The van der Waals surface area contributed by atoms with Crippen LogP contribution in [0, 0.1) is 0 Å². The molecule has 3 aromatic rings. The fourth-order valence-corrected chi connectivity index (χ4v) is 2.27. The van der Waals surface area contributed by atoms with Crippen LogP contribution in [0.4, 0.5) is 0 Å². The van der Waals surface area contributed by atoms with Crippen molar-refractivity contribution < 1.29 is 9.53 Å². The van der Waals surface area contributed by atoms with E-state index >= 15 is 0 Å². The van der Waals surface area contributed by atoms with Crippen molar-refractivity contribution in [3.8, 4) is 5.75 Å². The van der Waals surface area contributed by atoms with Crippen molar-refractivity contribution in [2.24, 2.45) is 5.10 Å². The molecular weight excluding hydrogens is 278 g/mol. The first-order chi connectivity index (χ1) is 10.8. The number of carbonyl (C=O) groups excluding carboxylic acids is 1. The third-order valence-electron chi connectivity index (χ3n) is 3.34. The molecule has 0 aliphatic carbocycles. The zero-order chi connectivity index (χ0) is 15.4. The highest BCUT2D eigenvalue weighted by atomic mass is 16.5. The predicted octanol–water partition coefficient (Wildman–Crippen LogP) is 2.94. The van der Waals surface area contributed by atoms with Gasteiger partial charge >= 0.3 is 0 Å². The molecule has 0 radical (unpaired) electrons. The predicted molar refractivity (Wildman–Crippen MR) is 86.4 cm³/mol. The van der Waals surface area contributed by atoms with Crippen LogP contribution in [0.5, 0.6) is 5.75 Å². The van der Waals surface area contributed by atoms with Gasteiger partial charge in [-0.25, -0.2) is 5.43 Å². The highest BCUT2D eigenvalue weighted by Crippen LogP contribution is 2.17. The lowest BCUT2D eigenvalue weighted by atomic mass is 10.1. The number of carbonyl (C=O) groups is 1. The number of nitrogens with one attached hydrogen (secondary N) is 2. The van der Waals surface area contributed by atoms with Crippen LogP contribution in [0.25, 0.3) is 10.9 Å². The Labute approximate surface area is 127 Å². The monoisotopic (exact) mass is 293 g/mol. The second-order valence-electron chi connectivity index (χ2n) is 4.69. The Kier molecular flexibility index (Phi) is 3.87. The van der Waals surface area contributed by atoms with E-state index in [1.54, 1.807) is 25.6 Å². The van der Waals surface area contributed by atoms with Gasteiger partial charge in [0.2, 0.25) is 0 Å². The Balaban J connectivity index is 1.77. The fraction of sp³-hybridized carbons (Fsp3) is 0.0588. The van der Waals surface area contributed by atoms with E-state index in [1.165, 1.54) is 0 Å². The molecular formula is C17H15N3O2. The molecule has 2 aromatic carbocycles. The molecule has 0 fully saturated rings. The lowest BCUT2D eigenvalue weighted by Crippen LogP contribution is -2.18. The van der Waals surface area contributed by atoms with E-state index in [4.69, 9.17) is 4.74 Å². The Morgan fingerprint density at radius 3 is 2.91 bits per heavy atom. The number of hydrogen-bond acceptors (Lipinski definition) is 3. The third-order valence-corrected chi connectivity index (χ3v) is 3.34. The first-order valence-electron chi connectivity index (χ1n) is 6.82. The lowest BCUT2D eigenvalue weighted by Gasteiger charge is -2.04. The SMILES string of the molecule is COc1ccccc1/C=N/NC(=O)c1cccc2cc[nH]c12. The molecule has 5 heteroatoms. The summed E-state index contributed by atoms with van der Waals surface area (Å²) < 4.78 is 5.23. The number of aromatic nitrogens is 1. The number of hydrazone groups is 1. The molecule has 0 aliphatic heterocycles. The van der Waals surface area contributed by atoms with Crippen LogP contribution in [0.2, 0.25) is 0 Å². The van der Waals surface area contributed by atoms with Gasteiger partial charge in [-0.3, -0.25) is 4.79 Å². The second-order valence-corrected chi connectivity index (χ2v) is 4.69. The molecule has 5 nitrogen and oxygen atoms in total. The standard InChI is InChI=1S/C17H15N3O2/c1-22-15-8-3-2-5-13(15)11-19-20-17(21)14-7-4-6-12-9-10-18-16(12)14/h2-11,18H,1H3,(H,20,21)/b19-11+. The molecule has 0 atom stereocenters. The van der Waals surface area contributed by atoms with Crippen molar-refractivity contribution in [1.82, 2.24) is 10.4 Å². The minimum absolute atomic E-state index is 0.265. The maximum atomic E-state index is 12.2. The van der Waals surface area contributed by atoms with Gasteiger partial charge in [-0.05, 0) is 24.3 Å². The van der Waals surface area contributed by atoms with Gasteiger partial charge in [0.15, 0.2) is 0 Å². The van der Waals surface area contributed by atoms with Gasteiger partial charge in [0, 0.05) is 17.1 Å². The zero-order valence-electron chi connectivity index (χ0n) is 12.0. The van der Waals surface area contributed by atoms with Crippen molar-refractivity contribution in [2.45, 2.75) is 0 Å². The molecule has 0 unspecified atom stereocenters. The average molecular weight is 293 g/mol. The molecule has 2 N–H and O–H groups in total. The number of rotatable bonds is 4. The molecule has 0 bridgehead atoms. The zero-order valence-corrected chi connectivity index (χ0v) is 12.0. The number of H-pyrrole nitrogens is 1. The highest BCUT2D eigenvalue weighted by Gasteiger charge is 2.09. The molecule has 0 aliphatic rings. The van der Waals surface area contributed by atoms with Crippen molar-refractivity contribution in [3.63, 3.8) is 0 Å². The Morgan fingerprint density at radius 2 is 2.05 bits per heavy atom. The number of para-hydroxylation sites is 2. The number of fused-ring (bicyclic) bond motifs is 1. The average Bonchev–Trinajstić information content (AvgIpc) is 3.03. The van der Waals surface area contributed by atoms with E-state index in [0.29, 0.717) is 11.3 Å². The highest BCUT2D eigenvalue weighted by molar-refractivity contribution is 6.05. The van der Waals surface area contributed by atoms with E-state index in [2.05, 4.69) is 15.5 Å². The van der Waals surface area contributed by atoms with E-state index in [0.717, 1.165) is 16.5 Å². The quantitative estimate of drug-likeness (QED) is 0.573. The topological polar surface area (TPSA) is 66.5 Å². The van der Waals surface area contributed by atoms with Crippen molar-refractivity contribution in [3.05, 3.63) is 65.9 Å². The largest absolute Gasteiger partial charge is 0.496 e. The number of methoxy groups -OCH3 is 1. The van der Waals surface area contributed by atoms with Crippen LogP contribution >= 0.6 is 0 Å². The molecule has 110 valence electrons. The van der Waals surface area contributed by atoms with E-state index in [1.807, 2.05) is 42.5 Å². The van der Waals surface area contributed by atoms with Crippen molar-refractivity contribution >= 4 is 23.0 Å².